The predicted octanol–water partition coefficient (Wildman–Crippen LogP) is 7.42. The zero-order valence-corrected chi connectivity index (χ0v) is 20.6. The average Bonchev–Trinajstić information content (AvgIpc) is 3.39. The van der Waals surface area contributed by atoms with E-state index < -0.39 is 0 Å². The van der Waals surface area contributed by atoms with Crippen molar-refractivity contribution >= 4 is 57.9 Å². The summed E-state index contributed by atoms with van der Waals surface area (Å²) in [6.07, 6.45) is 1.80. The Hall–Kier alpha value is -2.03. The van der Waals surface area contributed by atoms with Crippen LogP contribution in [0.4, 0.5) is 0 Å². The normalized spacial score (nSPS) is 11.0. The lowest BCUT2D eigenvalue weighted by Crippen LogP contribution is -2.07. The molecule has 2 aromatic heterocycles. The zero-order chi connectivity index (χ0) is 22.5. The number of halogens is 3. The molecule has 0 atom stereocenters. The van der Waals surface area contributed by atoms with Crippen molar-refractivity contribution in [3.05, 3.63) is 87.1 Å². The third-order valence-corrected chi connectivity index (χ3v) is 7.15. The number of allylic oxidation sites excluding steroid dienone is 1. The van der Waals surface area contributed by atoms with Crippen LogP contribution in [0.5, 0.6) is 5.75 Å². The number of nitrogens with zero attached hydrogens (tertiary/aromatic N) is 4. The van der Waals surface area contributed by atoms with Gasteiger partial charge in [0.15, 0.2) is 11.0 Å². The summed E-state index contributed by atoms with van der Waals surface area (Å²) >= 11 is 21.5. The molecule has 0 aliphatic carbocycles. The van der Waals surface area contributed by atoms with Gasteiger partial charge in [0.25, 0.3) is 0 Å². The monoisotopic (exact) mass is 522 g/mol. The first-order valence-corrected chi connectivity index (χ1v) is 12.5. The molecule has 0 fully saturated rings. The highest BCUT2D eigenvalue weighted by Gasteiger charge is 2.15. The van der Waals surface area contributed by atoms with Crippen LogP contribution in [0.1, 0.15) is 11.5 Å². The molecular formula is C22H17Cl3N4OS2. The van der Waals surface area contributed by atoms with E-state index in [0.29, 0.717) is 38.9 Å². The van der Waals surface area contributed by atoms with Crippen LogP contribution in [0.3, 0.4) is 0 Å². The van der Waals surface area contributed by atoms with Crippen molar-refractivity contribution < 1.29 is 4.74 Å². The molecule has 0 spiro atoms. The summed E-state index contributed by atoms with van der Waals surface area (Å²) in [6.45, 7) is 4.62. The van der Waals surface area contributed by atoms with Crippen molar-refractivity contribution in [2.75, 3.05) is 0 Å². The highest BCUT2D eigenvalue weighted by atomic mass is 35.5. The van der Waals surface area contributed by atoms with Gasteiger partial charge in [-0.15, -0.1) is 28.1 Å². The standard InChI is InChI=1S/C22H17Cl3N4OS2/c1-2-9-29-20(11-30-19-8-7-14(23)10-18(19)25)27-28-22(29)32-13-15-12-31-21(26-15)16-5-3-4-6-17(16)24/h2-8,10,12H,1,9,11,13H2. The summed E-state index contributed by atoms with van der Waals surface area (Å²) in [5.41, 5.74) is 1.89. The molecule has 10 heteroatoms. The maximum absolute atomic E-state index is 6.29. The third kappa shape index (κ3) is 5.47. The van der Waals surface area contributed by atoms with E-state index in [0.717, 1.165) is 21.4 Å². The molecule has 2 aromatic carbocycles. The largest absolute Gasteiger partial charge is 0.484 e. The summed E-state index contributed by atoms with van der Waals surface area (Å²) in [5, 5.41) is 14.0. The van der Waals surface area contributed by atoms with Gasteiger partial charge < -0.3 is 4.74 Å². The number of thiazole rings is 1. The van der Waals surface area contributed by atoms with Crippen LogP contribution in [0.15, 0.2) is 65.7 Å². The Bertz CT molecular complexity index is 1240. The molecule has 0 radical (unpaired) electrons. The first kappa shape index (κ1) is 23.1. The molecule has 0 amide bonds. The first-order valence-electron chi connectivity index (χ1n) is 9.48. The van der Waals surface area contributed by atoms with Gasteiger partial charge in [-0.2, -0.15) is 0 Å². The van der Waals surface area contributed by atoms with Gasteiger partial charge in [0.1, 0.15) is 17.4 Å². The number of hydrogen-bond donors (Lipinski definition) is 0. The van der Waals surface area contributed by atoms with E-state index in [4.69, 9.17) is 44.5 Å². The second-order valence-electron chi connectivity index (χ2n) is 6.57. The molecular weight excluding hydrogens is 507 g/mol. The number of hydrogen-bond acceptors (Lipinski definition) is 6. The molecule has 4 rings (SSSR count). The Kier molecular flexibility index (Phi) is 7.75. The maximum Gasteiger partial charge on any atom is 0.191 e. The van der Waals surface area contributed by atoms with Gasteiger partial charge in [-0.25, -0.2) is 4.98 Å². The molecule has 5 nitrogen and oxygen atoms in total. The molecule has 0 bridgehead atoms. The summed E-state index contributed by atoms with van der Waals surface area (Å²) in [4.78, 5) is 4.72. The number of rotatable bonds is 9. The summed E-state index contributed by atoms with van der Waals surface area (Å²) < 4.78 is 7.78. The lowest BCUT2D eigenvalue weighted by atomic mass is 10.2. The second kappa shape index (κ2) is 10.7. The lowest BCUT2D eigenvalue weighted by Gasteiger charge is -2.10. The van der Waals surface area contributed by atoms with Crippen molar-refractivity contribution in [2.24, 2.45) is 0 Å². The summed E-state index contributed by atoms with van der Waals surface area (Å²) in [5.74, 6) is 1.86. The number of benzene rings is 2. The second-order valence-corrected chi connectivity index (χ2v) is 9.63. The zero-order valence-electron chi connectivity index (χ0n) is 16.7. The van der Waals surface area contributed by atoms with Crippen molar-refractivity contribution in [1.82, 2.24) is 19.7 Å². The Morgan fingerprint density at radius 1 is 1.09 bits per heavy atom. The highest BCUT2D eigenvalue weighted by Crippen LogP contribution is 2.32. The quantitative estimate of drug-likeness (QED) is 0.169. The van der Waals surface area contributed by atoms with Crippen LogP contribution in [-0.4, -0.2) is 19.7 Å². The number of ether oxygens (including phenoxy) is 1. The van der Waals surface area contributed by atoms with Gasteiger partial charge >= 0.3 is 0 Å². The fourth-order valence-electron chi connectivity index (χ4n) is 2.85. The van der Waals surface area contributed by atoms with E-state index in [1.54, 1.807) is 47.4 Å². The molecule has 4 aromatic rings. The van der Waals surface area contributed by atoms with Crippen LogP contribution in [-0.2, 0) is 18.9 Å². The molecule has 0 unspecified atom stereocenters. The molecule has 0 saturated carbocycles. The van der Waals surface area contributed by atoms with Crippen LogP contribution in [0.25, 0.3) is 10.6 Å². The molecule has 164 valence electrons. The number of thioether (sulfide) groups is 1. The van der Waals surface area contributed by atoms with Crippen molar-refractivity contribution in [1.29, 1.82) is 0 Å². The molecule has 2 heterocycles. The topological polar surface area (TPSA) is 52.8 Å². The van der Waals surface area contributed by atoms with Gasteiger partial charge in [-0.1, -0.05) is 70.8 Å². The van der Waals surface area contributed by atoms with Crippen molar-refractivity contribution in [2.45, 2.75) is 24.1 Å². The fourth-order valence-corrected chi connectivity index (χ4v) is 5.42. The minimum Gasteiger partial charge on any atom is -0.484 e. The van der Waals surface area contributed by atoms with Crippen molar-refractivity contribution in [3.63, 3.8) is 0 Å². The lowest BCUT2D eigenvalue weighted by molar-refractivity contribution is 0.289. The minimum absolute atomic E-state index is 0.218. The first-order chi connectivity index (χ1) is 15.5. The van der Waals surface area contributed by atoms with Gasteiger partial charge in [0, 0.05) is 28.3 Å². The predicted molar refractivity (Wildman–Crippen MR) is 133 cm³/mol. The van der Waals surface area contributed by atoms with Crippen LogP contribution in [0, 0.1) is 0 Å². The van der Waals surface area contributed by atoms with Gasteiger partial charge in [0.05, 0.1) is 15.7 Å². The number of aromatic nitrogens is 4. The summed E-state index contributed by atoms with van der Waals surface area (Å²) in [7, 11) is 0. The SMILES string of the molecule is C=CCn1c(COc2ccc(Cl)cc2Cl)nnc1SCc1csc(-c2ccccc2Cl)n1. The minimum atomic E-state index is 0.218. The Labute approximate surface area is 209 Å². The molecule has 32 heavy (non-hydrogen) atoms. The molecule has 0 saturated heterocycles. The Morgan fingerprint density at radius 3 is 2.72 bits per heavy atom. The maximum atomic E-state index is 6.29. The van der Waals surface area contributed by atoms with E-state index in [-0.39, 0.29) is 6.61 Å². The van der Waals surface area contributed by atoms with Crippen LogP contribution < -0.4 is 4.74 Å². The van der Waals surface area contributed by atoms with E-state index >= 15 is 0 Å². The summed E-state index contributed by atoms with van der Waals surface area (Å²) in [6, 6.07) is 12.8. The van der Waals surface area contributed by atoms with E-state index in [9.17, 15) is 0 Å². The molecule has 0 aliphatic heterocycles. The Morgan fingerprint density at radius 2 is 1.94 bits per heavy atom. The Balaban J connectivity index is 1.44. The molecule has 0 N–H and O–H groups in total. The third-order valence-electron chi connectivity index (χ3n) is 4.36. The fraction of sp³-hybridized carbons (Fsp3) is 0.136. The average molecular weight is 524 g/mol. The van der Waals surface area contributed by atoms with Crippen LogP contribution >= 0.6 is 57.9 Å². The van der Waals surface area contributed by atoms with E-state index in [2.05, 4.69) is 16.8 Å². The smallest absolute Gasteiger partial charge is 0.191 e. The van der Waals surface area contributed by atoms with E-state index in [1.165, 1.54) is 0 Å². The highest BCUT2D eigenvalue weighted by molar-refractivity contribution is 7.98. The van der Waals surface area contributed by atoms with Gasteiger partial charge in [-0.05, 0) is 24.3 Å². The van der Waals surface area contributed by atoms with E-state index in [1.807, 2.05) is 34.2 Å². The molecule has 0 aliphatic rings. The van der Waals surface area contributed by atoms with Crippen molar-refractivity contribution in [3.8, 4) is 16.3 Å². The van der Waals surface area contributed by atoms with Gasteiger partial charge in [-0.3, -0.25) is 4.57 Å². The van der Waals surface area contributed by atoms with Crippen LogP contribution in [0.2, 0.25) is 15.1 Å². The van der Waals surface area contributed by atoms with Gasteiger partial charge in [0.2, 0.25) is 0 Å².